The zero-order chi connectivity index (χ0) is 16.8. The van der Waals surface area contributed by atoms with Crippen LogP contribution in [0.5, 0.6) is 5.75 Å². The lowest BCUT2D eigenvalue weighted by molar-refractivity contribution is -0.131. The number of hydrogen-bond acceptors (Lipinski definition) is 6. The van der Waals surface area contributed by atoms with Crippen molar-refractivity contribution in [1.82, 2.24) is 15.0 Å². The van der Waals surface area contributed by atoms with E-state index in [4.69, 9.17) is 15.0 Å². The van der Waals surface area contributed by atoms with Crippen LogP contribution in [0.4, 0.5) is 0 Å². The molecule has 0 saturated heterocycles. The first-order chi connectivity index (χ1) is 11.0. The minimum Gasteiger partial charge on any atom is -0.497 e. The molecule has 0 aliphatic rings. The van der Waals surface area contributed by atoms with Gasteiger partial charge in [-0.15, -0.1) is 0 Å². The summed E-state index contributed by atoms with van der Waals surface area (Å²) in [5.41, 5.74) is 6.40. The zero-order valence-electron chi connectivity index (χ0n) is 13.7. The lowest BCUT2D eigenvalue weighted by Crippen LogP contribution is -2.39. The van der Waals surface area contributed by atoms with Crippen molar-refractivity contribution in [3.05, 3.63) is 30.2 Å². The van der Waals surface area contributed by atoms with Gasteiger partial charge in [0, 0.05) is 38.0 Å². The van der Waals surface area contributed by atoms with Crippen LogP contribution in [-0.2, 0) is 11.2 Å². The maximum atomic E-state index is 12.0. The molecule has 7 heteroatoms. The third-order valence-electron chi connectivity index (χ3n) is 3.76. The fraction of sp³-hybridized carbons (Fsp3) is 0.438. The van der Waals surface area contributed by atoms with Gasteiger partial charge in [-0.2, -0.15) is 4.98 Å². The molecular formula is C16H22N4O3. The molecule has 0 fully saturated rings. The van der Waals surface area contributed by atoms with Crippen LogP contribution in [0.15, 0.2) is 28.8 Å². The van der Waals surface area contributed by atoms with Gasteiger partial charge in [0.25, 0.3) is 0 Å². The van der Waals surface area contributed by atoms with E-state index in [2.05, 4.69) is 10.1 Å². The Balaban J connectivity index is 1.95. The molecule has 0 aliphatic heterocycles. The number of amides is 1. The molecular weight excluding hydrogens is 296 g/mol. The Morgan fingerprint density at radius 2 is 2.09 bits per heavy atom. The number of carbonyl (C=O) groups excluding carboxylic acids is 1. The molecule has 0 bridgehead atoms. The molecule has 0 saturated carbocycles. The van der Waals surface area contributed by atoms with Crippen LogP contribution in [0.1, 0.15) is 19.2 Å². The normalized spacial score (nSPS) is 12.0. The van der Waals surface area contributed by atoms with Gasteiger partial charge in [0.05, 0.1) is 7.11 Å². The van der Waals surface area contributed by atoms with E-state index in [1.807, 2.05) is 31.2 Å². The molecule has 2 N–H and O–H groups in total. The Labute approximate surface area is 135 Å². The average Bonchev–Trinajstić information content (AvgIpc) is 3.07. The van der Waals surface area contributed by atoms with E-state index in [-0.39, 0.29) is 11.9 Å². The highest BCUT2D eigenvalue weighted by molar-refractivity contribution is 5.76. The number of benzene rings is 1. The molecule has 0 aliphatic carbocycles. The number of methoxy groups -OCH3 is 1. The zero-order valence-corrected chi connectivity index (χ0v) is 13.7. The molecule has 1 atom stereocenters. The monoisotopic (exact) mass is 318 g/mol. The predicted molar refractivity (Wildman–Crippen MR) is 85.9 cm³/mol. The van der Waals surface area contributed by atoms with Gasteiger partial charge in [-0.05, 0) is 31.2 Å². The first-order valence-electron chi connectivity index (χ1n) is 7.48. The molecule has 1 amide bonds. The van der Waals surface area contributed by atoms with Crippen LogP contribution in [0.3, 0.4) is 0 Å². The predicted octanol–water partition coefficient (Wildman–Crippen LogP) is 1.48. The van der Waals surface area contributed by atoms with E-state index in [1.54, 1.807) is 19.1 Å². The smallest absolute Gasteiger partial charge is 0.227 e. The van der Waals surface area contributed by atoms with Crippen LogP contribution in [-0.4, -0.2) is 47.7 Å². The van der Waals surface area contributed by atoms with Crippen LogP contribution in [0.25, 0.3) is 11.4 Å². The summed E-state index contributed by atoms with van der Waals surface area (Å²) in [6, 6.07) is 7.39. The molecule has 7 nitrogen and oxygen atoms in total. The Hall–Kier alpha value is -2.41. The first-order valence-corrected chi connectivity index (χ1v) is 7.48. The summed E-state index contributed by atoms with van der Waals surface area (Å²) in [5.74, 6) is 1.71. The summed E-state index contributed by atoms with van der Waals surface area (Å²) in [6.07, 6.45) is 0.717. The van der Waals surface area contributed by atoms with Crippen molar-refractivity contribution < 1.29 is 14.1 Å². The summed E-state index contributed by atoms with van der Waals surface area (Å²) in [7, 11) is 3.36. The van der Waals surface area contributed by atoms with Crippen molar-refractivity contribution >= 4 is 5.91 Å². The lowest BCUT2D eigenvalue weighted by atomic mass is 10.2. The number of nitrogens with zero attached hydrogens (tertiary/aromatic N) is 3. The fourth-order valence-electron chi connectivity index (χ4n) is 2.01. The molecule has 0 radical (unpaired) electrons. The Bertz CT molecular complexity index is 639. The van der Waals surface area contributed by atoms with Crippen LogP contribution < -0.4 is 10.5 Å². The van der Waals surface area contributed by atoms with Crippen LogP contribution >= 0.6 is 0 Å². The molecule has 23 heavy (non-hydrogen) atoms. The standard InChI is InChI=1S/C16H22N4O3/c1-11(10-17)20(2)15(21)9-8-14-18-16(19-23-14)12-4-6-13(22-3)7-5-12/h4-7,11H,8-10,17H2,1-3H3. The molecule has 2 rings (SSSR count). The first kappa shape index (κ1) is 17.0. The van der Waals surface area contributed by atoms with Crippen molar-refractivity contribution in [1.29, 1.82) is 0 Å². The minimum absolute atomic E-state index is 0.00662. The molecule has 1 unspecified atom stereocenters. The van der Waals surface area contributed by atoms with Gasteiger partial charge < -0.3 is 19.9 Å². The number of carbonyl (C=O) groups is 1. The van der Waals surface area contributed by atoms with E-state index < -0.39 is 0 Å². The highest BCUT2D eigenvalue weighted by Crippen LogP contribution is 2.20. The summed E-state index contributed by atoms with van der Waals surface area (Å²) >= 11 is 0. The van der Waals surface area contributed by atoms with Crippen LogP contribution in [0, 0.1) is 0 Å². The number of aromatic nitrogens is 2. The van der Waals surface area contributed by atoms with Gasteiger partial charge in [0.2, 0.25) is 17.6 Å². The topological polar surface area (TPSA) is 94.5 Å². The van der Waals surface area contributed by atoms with Crippen molar-refractivity contribution in [2.24, 2.45) is 5.73 Å². The molecule has 2 aromatic rings. The number of aryl methyl sites for hydroxylation is 1. The highest BCUT2D eigenvalue weighted by atomic mass is 16.5. The Morgan fingerprint density at radius 3 is 2.70 bits per heavy atom. The minimum atomic E-state index is 0.00662. The van der Waals surface area contributed by atoms with E-state index in [0.29, 0.717) is 31.1 Å². The van der Waals surface area contributed by atoms with Gasteiger partial charge in [-0.25, -0.2) is 0 Å². The molecule has 1 aromatic carbocycles. The summed E-state index contributed by atoms with van der Waals surface area (Å²) in [6.45, 7) is 2.34. The number of rotatable bonds is 7. The molecule has 124 valence electrons. The summed E-state index contributed by atoms with van der Waals surface area (Å²) < 4.78 is 10.3. The van der Waals surface area contributed by atoms with Gasteiger partial charge in [-0.3, -0.25) is 4.79 Å². The second-order valence-electron chi connectivity index (χ2n) is 5.33. The largest absolute Gasteiger partial charge is 0.497 e. The SMILES string of the molecule is COc1ccc(-c2noc(CCC(=O)N(C)C(C)CN)n2)cc1. The third-order valence-corrected chi connectivity index (χ3v) is 3.76. The summed E-state index contributed by atoms with van der Waals surface area (Å²) in [4.78, 5) is 18.0. The summed E-state index contributed by atoms with van der Waals surface area (Å²) in [5, 5.41) is 3.94. The van der Waals surface area contributed by atoms with Crippen LogP contribution in [0.2, 0.25) is 0 Å². The Kier molecular flexibility index (Phi) is 5.70. The molecule has 1 aromatic heterocycles. The highest BCUT2D eigenvalue weighted by Gasteiger charge is 2.16. The number of hydrogen-bond donors (Lipinski definition) is 1. The fourth-order valence-corrected chi connectivity index (χ4v) is 2.01. The number of likely N-dealkylation sites (N-methyl/N-ethyl adjacent to an activating group) is 1. The van der Waals surface area contributed by atoms with Crippen molar-refractivity contribution in [3.63, 3.8) is 0 Å². The second-order valence-corrected chi connectivity index (χ2v) is 5.33. The van der Waals surface area contributed by atoms with Gasteiger partial charge in [-0.1, -0.05) is 5.16 Å². The van der Waals surface area contributed by atoms with E-state index in [1.165, 1.54) is 0 Å². The van der Waals surface area contributed by atoms with Gasteiger partial charge in [0.1, 0.15) is 5.75 Å². The maximum Gasteiger partial charge on any atom is 0.227 e. The third kappa shape index (κ3) is 4.29. The van der Waals surface area contributed by atoms with E-state index in [0.717, 1.165) is 11.3 Å². The molecule has 1 heterocycles. The quantitative estimate of drug-likeness (QED) is 0.831. The second kappa shape index (κ2) is 7.73. The molecule has 0 spiro atoms. The lowest BCUT2D eigenvalue weighted by Gasteiger charge is -2.23. The van der Waals surface area contributed by atoms with Gasteiger partial charge in [0.15, 0.2) is 0 Å². The van der Waals surface area contributed by atoms with E-state index in [9.17, 15) is 4.79 Å². The van der Waals surface area contributed by atoms with Crippen molar-refractivity contribution in [2.75, 3.05) is 20.7 Å². The number of nitrogens with two attached hydrogens (primary N) is 1. The average molecular weight is 318 g/mol. The van der Waals surface area contributed by atoms with E-state index >= 15 is 0 Å². The number of ether oxygens (including phenoxy) is 1. The maximum absolute atomic E-state index is 12.0. The van der Waals surface area contributed by atoms with Crippen molar-refractivity contribution in [3.8, 4) is 17.1 Å². The van der Waals surface area contributed by atoms with Gasteiger partial charge >= 0.3 is 0 Å². The van der Waals surface area contributed by atoms with Crippen molar-refractivity contribution in [2.45, 2.75) is 25.8 Å². The Morgan fingerprint density at radius 1 is 1.39 bits per heavy atom.